The minimum Gasteiger partial charge on any atom is -0.322 e. The van der Waals surface area contributed by atoms with Gasteiger partial charge in [0.05, 0.1) is 53.1 Å². The van der Waals surface area contributed by atoms with Crippen LogP contribution in [0.5, 0.6) is 0 Å². The van der Waals surface area contributed by atoms with Crippen LogP contribution in [-0.2, 0) is 24.9 Å². The van der Waals surface area contributed by atoms with Crippen molar-refractivity contribution in [2.24, 2.45) is 13.0 Å². The highest BCUT2D eigenvalue weighted by molar-refractivity contribution is 6.30. The Labute approximate surface area is 172 Å². The van der Waals surface area contributed by atoms with Gasteiger partial charge in [0.2, 0.25) is 5.91 Å². The summed E-state index contributed by atoms with van der Waals surface area (Å²) in [4.78, 5) is 25.5. The van der Waals surface area contributed by atoms with E-state index in [-0.39, 0.29) is 17.5 Å². The Hall–Kier alpha value is -3.14. The van der Waals surface area contributed by atoms with Crippen molar-refractivity contribution in [1.82, 2.24) is 29.3 Å². The van der Waals surface area contributed by atoms with Gasteiger partial charge in [0, 0.05) is 19.8 Å². The molecule has 11 heteroatoms. The summed E-state index contributed by atoms with van der Waals surface area (Å²) >= 11 is 5.86. The third kappa shape index (κ3) is 4.48. The number of carbonyl (C=O) groups is 2. The number of aryl methyl sites for hydroxylation is 2. The number of aromatic nitrogens is 6. The van der Waals surface area contributed by atoms with Crippen LogP contribution in [-0.4, -0.2) is 41.2 Å². The summed E-state index contributed by atoms with van der Waals surface area (Å²) < 4.78 is 4.80. The van der Waals surface area contributed by atoms with Crippen molar-refractivity contribution < 1.29 is 9.59 Å². The van der Waals surface area contributed by atoms with E-state index in [1.807, 2.05) is 13.8 Å². The second-order valence-corrected chi connectivity index (χ2v) is 7.15. The SMILES string of the molecule is CCn1ncc(NC(=O)C(C)Cn2cc(Cl)cn2)c1C(=O)Nc1cnn(C)c1C. The fourth-order valence-electron chi connectivity index (χ4n) is 2.82. The zero-order valence-electron chi connectivity index (χ0n) is 16.7. The average molecular weight is 419 g/mol. The molecule has 0 aromatic carbocycles. The van der Waals surface area contributed by atoms with Gasteiger partial charge < -0.3 is 10.6 Å². The summed E-state index contributed by atoms with van der Waals surface area (Å²) in [6, 6.07) is 0. The highest BCUT2D eigenvalue weighted by atomic mass is 35.5. The molecule has 0 radical (unpaired) electrons. The van der Waals surface area contributed by atoms with Gasteiger partial charge in [-0.3, -0.25) is 23.6 Å². The number of halogens is 1. The second-order valence-electron chi connectivity index (χ2n) is 6.71. The zero-order chi connectivity index (χ0) is 21.1. The van der Waals surface area contributed by atoms with Gasteiger partial charge in [-0.05, 0) is 13.8 Å². The van der Waals surface area contributed by atoms with E-state index in [1.54, 1.807) is 35.7 Å². The Morgan fingerprint density at radius 1 is 1.14 bits per heavy atom. The van der Waals surface area contributed by atoms with Crippen LogP contribution in [0.4, 0.5) is 11.4 Å². The summed E-state index contributed by atoms with van der Waals surface area (Å²) in [7, 11) is 1.79. The number of rotatable bonds is 7. The summed E-state index contributed by atoms with van der Waals surface area (Å²) in [6.45, 7) is 6.33. The summed E-state index contributed by atoms with van der Waals surface area (Å²) in [5.41, 5.74) is 2.04. The number of carbonyl (C=O) groups excluding carboxylic acids is 2. The molecule has 10 nitrogen and oxygen atoms in total. The third-order valence-corrected chi connectivity index (χ3v) is 4.80. The largest absolute Gasteiger partial charge is 0.322 e. The fourth-order valence-corrected chi connectivity index (χ4v) is 2.97. The molecule has 1 unspecified atom stereocenters. The summed E-state index contributed by atoms with van der Waals surface area (Å²) in [5, 5.41) is 18.5. The molecular weight excluding hydrogens is 396 g/mol. The second kappa shape index (κ2) is 8.48. The summed E-state index contributed by atoms with van der Waals surface area (Å²) in [5.74, 6) is -1.02. The minimum atomic E-state index is -0.396. The lowest BCUT2D eigenvalue weighted by Gasteiger charge is -2.13. The predicted octanol–water partition coefficient (Wildman–Crippen LogP) is 2.32. The van der Waals surface area contributed by atoms with Gasteiger partial charge in [-0.1, -0.05) is 18.5 Å². The Morgan fingerprint density at radius 2 is 1.86 bits per heavy atom. The number of anilines is 2. The first-order valence-electron chi connectivity index (χ1n) is 9.14. The molecule has 154 valence electrons. The molecule has 3 rings (SSSR count). The van der Waals surface area contributed by atoms with Gasteiger partial charge in [-0.2, -0.15) is 15.3 Å². The number of nitrogens with zero attached hydrogens (tertiary/aromatic N) is 6. The standard InChI is InChI=1S/C18H23ClN8O2/c1-5-27-16(18(29)23-14-7-20-25(4)12(14)3)15(8-22-27)24-17(28)11(2)9-26-10-13(19)6-21-26/h6-8,10-11H,5,9H2,1-4H3,(H,23,29)(H,24,28). The van der Waals surface area contributed by atoms with E-state index in [9.17, 15) is 9.59 Å². The lowest BCUT2D eigenvalue weighted by Crippen LogP contribution is -2.26. The van der Waals surface area contributed by atoms with E-state index in [0.717, 1.165) is 5.69 Å². The molecule has 0 aliphatic rings. The maximum atomic E-state index is 12.9. The number of hydrogen-bond donors (Lipinski definition) is 2. The molecule has 0 saturated heterocycles. The molecule has 3 aromatic heterocycles. The molecule has 0 aliphatic carbocycles. The Bertz CT molecular complexity index is 1030. The van der Waals surface area contributed by atoms with Gasteiger partial charge in [0.25, 0.3) is 5.91 Å². The molecule has 2 amide bonds. The molecule has 29 heavy (non-hydrogen) atoms. The van der Waals surface area contributed by atoms with Gasteiger partial charge in [0.1, 0.15) is 5.69 Å². The Kier molecular flexibility index (Phi) is 6.02. The van der Waals surface area contributed by atoms with Crippen LogP contribution < -0.4 is 10.6 Å². The van der Waals surface area contributed by atoms with Gasteiger partial charge in [-0.15, -0.1) is 0 Å². The maximum absolute atomic E-state index is 12.9. The quantitative estimate of drug-likeness (QED) is 0.611. The molecule has 1 atom stereocenters. The molecule has 2 N–H and O–H groups in total. The Morgan fingerprint density at radius 3 is 2.45 bits per heavy atom. The van der Waals surface area contributed by atoms with Crippen LogP contribution in [0, 0.1) is 12.8 Å². The first-order chi connectivity index (χ1) is 13.8. The number of nitrogens with one attached hydrogen (secondary N) is 2. The lowest BCUT2D eigenvalue weighted by molar-refractivity contribution is -0.119. The van der Waals surface area contributed by atoms with E-state index in [2.05, 4.69) is 25.9 Å². The van der Waals surface area contributed by atoms with Crippen molar-refractivity contribution in [2.45, 2.75) is 33.9 Å². The average Bonchev–Trinajstić information content (AvgIpc) is 3.36. The molecule has 0 spiro atoms. The predicted molar refractivity (Wildman–Crippen MR) is 109 cm³/mol. The monoisotopic (exact) mass is 418 g/mol. The smallest absolute Gasteiger partial charge is 0.276 e. The first-order valence-corrected chi connectivity index (χ1v) is 9.52. The molecular formula is C18H23ClN8O2. The highest BCUT2D eigenvalue weighted by Crippen LogP contribution is 2.20. The van der Waals surface area contributed by atoms with E-state index in [4.69, 9.17) is 11.6 Å². The van der Waals surface area contributed by atoms with E-state index in [0.29, 0.717) is 29.5 Å². The van der Waals surface area contributed by atoms with E-state index in [1.165, 1.54) is 17.1 Å². The van der Waals surface area contributed by atoms with Crippen LogP contribution in [0.25, 0.3) is 0 Å². The van der Waals surface area contributed by atoms with Gasteiger partial charge in [0.15, 0.2) is 0 Å². The van der Waals surface area contributed by atoms with Crippen LogP contribution in [0.1, 0.15) is 30.0 Å². The molecule has 3 aromatic rings. The molecule has 0 bridgehead atoms. The van der Waals surface area contributed by atoms with Crippen molar-refractivity contribution >= 4 is 34.8 Å². The minimum absolute atomic E-state index is 0.251. The fraction of sp³-hybridized carbons (Fsp3) is 0.389. The van der Waals surface area contributed by atoms with Crippen molar-refractivity contribution in [3.63, 3.8) is 0 Å². The normalized spacial score (nSPS) is 12.0. The van der Waals surface area contributed by atoms with Crippen LogP contribution >= 0.6 is 11.6 Å². The van der Waals surface area contributed by atoms with Gasteiger partial charge >= 0.3 is 0 Å². The summed E-state index contributed by atoms with van der Waals surface area (Å²) in [6.07, 6.45) is 6.22. The topological polar surface area (TPSA) is 112 Å². The number of hydrogen-bond acceptors (Lipinski definition) is 5. The Balaban J connectivity index is 1.76. The molecule has 3 heterocycles. The van der Waals surface area contributed by atoms with Gasteiger partial charge in [-0.25, -0.2) is 0 Å². The van der Waals surface area contributed by atoms with Crippen LogP contribution in [0.3, 0.4) is 0 Å². The van der Waals surface area contributed by atoms with E-state index < -0.39 is 5.92 Å². The van der Waals surface area contributed by atoms with Crippen LogP contribution in [0.2, 0.25) is 5.02 Å². The lowest BCUT2D eigenvalue weighted by atomic mass is 10.1. The highest BCUT2D eigenvalue weighted by Gasteiger charge is 2.23. The van der Waals surface area contributed by atoms with Crippen molar-refractivity contribution in [2.75, 3.05) is 10.6 Å². The number of amides is 2. The molecule has 0 aliphatic heterocycles. The zero-order valence-corrected chi connectivity index (χ0v) is 17.4. The van der Waals surface area contributed by atoms with Crippen molar-refractivity contribution in [1.29, 1.82) is 0 Å². The first kappa shape index (κ1) is 20.6. The van der Waals surface area contributed by atoms with Crippen molar-refractivity contribution in [3.8, 4) is 0 Å². The van der Waals surface area contributed by atoms with E-state index >= 15 is 0 Å². The maximum Gasteiger partial charge on any atom is 0.276 e. The van der Waals surface area contributed by atoms with Crippen LogP contribution in [0.15, 0.2) is 24.8 Å². The van der Waals surface area contributed by atoms with Crippen molar-refractivity contribution in [3.05, 3.63) is 41.2 Å². The molecule has 0 saturated carbocycles. The third-order valence-electron chi connectivity index (χ3n) is 4.61. The molecule has 0 fully saturated rings.